The number of carbonyl (C=O) groups is 1. The fourth-order valence-corrected chi connectivity index (χ4v) is 2.22. The SMILES string of the molecule is CC(C)(C)C1CCC(NC=O)CC1. The van der Waals surface area contributed by atoms with Gasteiger partial charge in [0.2, 0.25) is 6.41 Å². The Labute approximate surface area is 81.1 Å². The van der Waals surface area contributed by atoms with Gasteiger partial charge in [0.05, 0.1) is 0 Å². The summed E-state index contributed by atoms with van der Waals surface area (Å²) >= 11 is 0. The van der Waals surface area contributed by atoms with Crippen molar-refractivity contribution < 1.29 is 4.79 Å². The van der Waals surface area contributed by atoms with E-state index in [-0.39, 0.29) is 0 Å². The quantitative estimate of drug-likeness (QED) is 0.654. The fraction of sp³-hybridized carbons (Fsp3) is 0.909. The van der Waals surface area contributed by atoms with Crippen LogP contribution in [0.5, 0.6) is 0 Å². The highest BCUT2D eigenvalue weighted by Crippen LogP contribution is 2.37. The van der Waals surface area contributed by atoms with Crippen LogP contribution in [0, 0.1) is 11.3 Å². The van der Waals surface area contributed by atoms with E-state index in [2.05, 4.69) is 26.1 Å². The molecule has 0 atom stereocenters. The first-order chi connectivity index (χ1) is 6.04. The molecular weight excluding hydrogens is 162 g/mol. The van der Waals surface area contributed by atoms with Crippen LogP contribution in [0.25, 0.3) is 0 Å². The molecule has 0 aromatic carbocycles. The normalized spacial score (nSPS) is 29.8. The van der Waals surface area contributed by atoms with Crippen LogP contribution >= 0.6 is 0 Å². The summed E-state index contributed by atoms with van der Waals surface area (Å²) in [5.41, 5.74) is 0.437. The van der Waals surface area contributed by atoms with Crippen LogP contribution in [0.1, 0.15) is 46.5 Å². The van der Waals surface area contributed by atoms with Crippen LogP contribution in [0.4, 0.5) is 0 Å². The lowest BCUT2D eigenvalue weighted by atomic mass is 9.71. The number of hydrogen-bond acceptors (Lipinski definition) is 1. The summed E-state index contributed by atoms with van der Waals surface area (Å²) in [5.74, 6) is 0.831. The maximum atomic E-state index is 10.2. The van der Waals surface area contributed by atoms with E-state index in [1.807, 2.05) is 0 Å². The summed E-state index contributed by atoms with van der Waals surface area (Å²) in [5, 5.41) is 2.88. The van der Waals surface area contributed by atoms with E-state index < -0.39 is 0 Å². The Hall–Kier alpha value is -0.530. The van der Waals surface area contributed by atoms with Crippen molar-refractivity contribution in [1.29, 1.82) is 0 Å². The van der Waals surface area contributed by atoms with E-state index in [9.17, 15) is 4.79 Å². The summed E-state index contributed by atoms with van der Waals surface area (Å²) in [6, 6.07) is 0.441. The molecule has 0 aliphatic heterocycles. The topological polar surface area (TPSA) is 29.1 Å². The molecular formula is C11H21NO. The zero-order valence-electron chi connectivity index (χ0n) is 8.97. The van der Waals surface area contributed by atoms with E-state index in [1.165, 1.54) is 12.8 Å². The van der Waals surface area contributed by atoms with Gasteiger partial charge < -0.3 is 5.32 Å². The number of amides is 1. The fourth-order valence-electron chi connectivity index (χ4n) is 2.22. The van der Waals surface area contributed by atoms with Crippen molar-refractivity contribution in [3.05, 3.63) is 0 Å². The lowest BCUT2D eigenvalue weighted by Crippen LogP contribution is -2.35. The van der Waals surface area contributed by atoms with E-state index in [0.717, 1.165) is 25.2 Å². The minimum atomic E-state index is 0.437. The van der Waals surface area contributed by atoms with Gasteiger partial charge >= 0.3 is 0 Å². The van der Waals surface area contributed by atoms with Crippen LogP contribution in [-0.2, 0) is 4.79 Å². The Morgan fingerprint density at radius 2 is 1.69 bits per heavy atom. The van der Waals surface area contributed by atoms with Gasteiger partial charge in [-0.05, 0) is 37.0 Å². The van der Waals surface area contributed by atoms with E-state index in [0.29, 0.717) is 11.5 Å². The van der Waals surface area contributed by atoms with Crippen molar-refractivity contribution in [3.63, 3.8) is 0 Å². The summed E-state index contributed by atoms with van der Waals surface area (Å²) in [7, 11) is 0. The second kappa shape index (κ2) is 4.12. The molecule has 1 saturated carbocycles. The Balaban J connectivity index is 2.34. The molecule has 1 aliphatic carbocycles. The van der Waals surface area contributed by atoms with Crippen LogP contribution in [0.3, 0.4) is 0 Å². The van der Waals surface area contributed by atoms with Gasteiger partial charge in [-0.1, -0.05) is 20.8 Å². The van der Waals surface area contributed by atoms with Crippen LogP contribution in [0.15, 0.2) is 0 Å². The number of rotatable bonds is 2. The highest BCUT2D eigenvalue weighted by molar-refractivity contribution is 5.46. The van der Waals surface area contributed by atoms with Crippen molar-refractivity contribution in [2.24, 2.45) is 11.3 Å². The maximum Gasteiger partial charge on any atom is 0.207 e. The smallest absolute Gasteiger partial charge is 0.207 e. The highest BCUT2D eigenvalue weighted by atomic mass is 16.1. The summed E-state index contributed by atoms with van der Waals surface area (Å²) < 4.78 is 0. The van der Waals surface area contributed by atoms with Gasteiger partial charge in [0.1, 0.15) is 0 Å². The molecule has 0 spiro atoms. The van der Waals surface area contributed by atoms with Gasteiger partial charge in [-0.25, -0.2) is 0 Å². The van der Waals surface area contributed by atoms with Gasteiger partial charge in [0.25, 0.3) is 0 Å². The zero-order valence-corrected chi connectivity index (χ0v) is 8.97. The number of nitrogens with one attached hydrogen (secondary N) is 1. The molecule has 76 valence electrons. The van der Waals surface area contributed by atoms with Crippen LogP contribution in [0.2, 0.25) is 0 Å². The standard InChI is InChI=1S/C11H21NO/c1-11(2,3)9-4-6-10(7-5-9)12-8-13/h8-10H,4-7H2,1-3H3,(H,12,13). The van der Waals surface area contributed by atoms with Gasteiger partial charge in [-0.3, -0.25) is 4.79 Å². The van der Waals surface area contributed by atoms with Crippen LogP contribution < -0.4 is 5.32 Å². The molecule has 0 radical (unpaired) electrons. The van der Waals surface area contributed by atoms with E-state index >= 15 is 0 Å². The van der Waals surface area contributed by atoms with Crippen molar-refractivity contribution in [3.8, 4) is 0 Å². The second-order valence-electron chi connectivity index (χ2n) is 5.20. The molecule has 2 heteroatoms. The average Bonchev–Trinajstić information content (AvgIpc) is 2.04. The number of carbonyl (C=O) groups excluding carboxylic acids is 1. The van der Waals surface area contributed by atoms with Crippen molar-refractivity contribution >= 4 is 6.41 Å². The summed E-state index contributed by atoms with van der Waals surface area (Å²) in [6.45, 7) is 6.93. The second-order valence-corrected chi connectivity index (χ2v) is 5.20. The third-order valence-corrected chi connectivity index (χ3v) is 3.26. The molecule has 0 aromatic heterocycles. The third kappa shape index (κ3) is 3.02. The lowest BCUT2D eigenvalue weighted by molar-refractivity contribution is -0.110. The monoisotopic (exact) mass is 183 g/mol. The van der Waals surface area contributed by atoms with Gasteiger partial charge in [-0.15, -0.1) is 0 Å². The Morgan fingerprint density at radius 3 is 2.08 bits per heavy atom. The molecule has 0 heterocycles. The molecule has 1 rings (SSSR count). The molecule has 2 nitrogen and oxygen atoms in total. The average molecular weight is 183 g/mol. The van der Waals surface area contributed by atoms with Gasteiger partial charge in [0, 0.05) is 6.04 Å². The summed E-state index contributed by atoms with van der Waals surface area (Å²) in [6.07, 6.45) is 5.66. The predicted molar refractivity (Wildman–Crippen MR) is 54.4 cm³/mol. The molecule has 0 unspecified atom stereocenters. The molecule has 0 aromatic rings. The molecule has 1 fully saturated rings. The van der Waals surface area contributed by atoms with E-state index in [1.54, 1.807) is 0 Å². The van der Waals surface area contributed by atoms with Gasteiger partial charge in [-0.2, -0.15) is 0 Å². The Bertz CT molecular complexity index is 163. The minimum Gasteiger partial charge on any atom is -0.356 e. The van der Waals surface area contributed by atoms with Gasteiger partial charge in [0.15, 0.2) is 0 Å². The van der Waals surface area contributed by atoms with E-state index in [4.69, 9.17) is 0 Å². The molecule has 0 saturated heterocycles. The predicted octanol–water partition coefficient (Wildman–Crippen LogP) is 2.34. The highest BCUT2D eigenvalue weighted by Gasteiger charge is 2.29. The maximum absolute atomic E-state index is 10.2. The first-order valence-corrected chi connectivity index (χ1v) is 5.23. The Kier molecular flexibility index (Phi) is 3.34. The largest absolute Gasteiger partial charge is 0.356 e. The summed E-state index contributed by atoms with van der Waals surface area (Å²) in [4.78, 5) is 10.2. The van der Waals surface area contributed by atoms with Crippen molar-refractivity contribution in [2.75, 3.05) is 0 Å². The first-order valence-electron chi connectivity index (χ1n) is 5.23. The number of hydrogen-bond donors (Lipinski definition) is 1. The first kappa shape index (κ1) is 10.6. The molecule has 0 bridgehead atoms. The minimum absolute atomic E-state index is 0.437. The Morgan fingerprint density at radius 1 is 1.15 bits per heavy atom. The molecule has 1 amide bonds. The van der Waals surface area contributed by atoms with Crippen molar-refractivity contribution in [2.45, 2.75) is 52.5 Å². The third-order valence-electron chi connectivity index (χ3n) is 3.26. The van der Waals surface area contributed by atoms with Crippen LogP contribution in [-0.4, -0.2) is 12.5 Å². The molecule has 1 aliphatic rings. The molecule has 13 heavy (non-hydrogen) atoms. The molecule has 1 N–H and O–H groups in total. The zero-order chi connectivity index (χ0) is 9.90. The van der Waals surface area contributed by atoms with Crippen molar-refractivity contribution in [1.82, 2.24) is 5.32 Å². The lowest BCUT2D eigenvalue weighted by Gasteiger charge is -2.36.